The van der Waals surface area contributed by atoms with E-state index in [1.54, 1.807) is 24.8 Å². The topological polar surface area (TPSA) is 63.4 Å². The quantitative estimate of drug-likeness (QED) is 0.475. The largest absolute Gasteiger partial charge is 0.396 e. The van der Waals surface area contributed by atoms with Crippen molar-refractivity contribution in [2.24, 2.45) is 0 Å². The van der Waals surface area contributed by atoms with E-state index in [2.05, 4.69) is 0 Å². The standard InChI is InChI=1S/C10H13NO3S/c1-8-9(7-15-6-5-12)3-2-4-10(8)11(13)14/h2-4,12H,5-7H2,1H3. The molecule has 1 rings (SSSR count). The molecule has 1 aromatic carbocycles. The number of hydrogen-bond donors (Lipinski definition) is 1. The minimum absolute atomic E-state index is 0.138. The number of hydrogen-bond acceptors (Lipinski definition) is 4. The molecule has 1 N–H and O–H groups in total. The van der Waals surface area contributed by atoms with E-state index in [4.69, 9.17) is 5.11 Å². The molecule has 0 heterocycles. The van der Waals surface area contributed by atoms with Gasteiger partial charge in [-0.2, -0.15) is 11.8 Å². The van der Waals surface area contributed by atoms with Crippen LogP contribution in [0.3, 0.4) is 0 Å². The highest BCUT2D eigenvalue weighted by Gasteiger charge is 2.12. The number of aliphatic hydroxyl groups excluding tert-OH is 1. The normalized spacial score (nSPS) is 10.3. The Morgan fingerprint density at radius 2 is 2.27 bits per heavy atom. The Balaban J connectivity index is 2.80. The third-order valence-corrected chi connectivity index (χ3v) is 3.09. The minimum Gasteiger partial charge on any atom is -0.396 e. The van der Waals surface area contributed by atoms with Crippen LogP contribution in [0.25, 0.3) is 0 Å². The van der Waals surface area contributed by atoms with Crippen molar-refractivity contribution in [2.45, 2.75) is 12.7 Å². The number of aliphatic hydroxyl groups is 1. The van der Waals surface area contributed by atoms with Crippen LogP contribution in [0.5, 0.6) is 0 Å². The van der Waals surface area contributed by atoms with Crippen LogP contribution in [-0.2, 0) is 5.75 Å². The summed E-state index contributed by atoms with van der Waals surface area (Å²) in [6.07, 6.45) is 0. The first-order chi connectivity index (χ1) is 7.16. The molecule has 5 heteroatoms. The molecule has 15 heavy (non-hydrogen) atoms. The monoisotopic (exact) mass is 227 g/mol. The maximum absolute atomic E-state index is 10.7. The lowest BCUT2D eigenvalue weighted by Crippen LogP contribution is -1.96. The van der Waals surface area contributed by atoms with Crippen LogP contribution < -0.4 is 0 Å². The Hall–Kier alpha value is -1.07. The van der Waals surface area contributed by atoms with Gasteiger partial charge in [0.05, 0.1) is 11.5 Å². The predicted octanol–water partition coefficient (Wildman–Crippen LogP) is 2.13. The minimum atomic E-state index is -0.366. The first-order valence-corrected chi connectivity index (χ1v) is 5.73. The number of benzene rings is 1. The van der Waals surface area contributed by atoms with Crippen LogP contribution in [0.15, 0.2) is 18.2 Å². The molecule has 1 aromatic rings. The summed E-state index contributed by atoms with van der Waals surface area (Å²) in [7, 11) is 0. The van der Waals surface area contributed by atoms with Gasteiger partial charge in [-0.1, -0.05) is 12.1 Å². The van der Waals surface area contributed by atoms with Crippen molar-refractivity contribution in [3.05, 3.63) is 39.4 Å². The van der Waals surface area contributed by atoms with Crippen molar-refractivity contribution < 1.29 is 10.0 Å². The smallest absolute Gasteiger partial charge is 0.272 e. The molecule has 0 aliphatic rings. The van der Waals surface area contributed by atoms with Gasteiger partial charge >= 0.3 is 0 Å². The van der Waals surface area contributed by atoms with E-state index in [-0.39, 0.29) is 17.2 Å². The lowest BCUT2D eigenvalue weighted by Gasteiger charge is -2.05. The predicted molar refractivity (Wildman–Crippen MR) is 61.1 cm³/mol. The zero-order valence-electron chi connectivity index (χ0n) is 8.47. The fourth-order valence-electron chi connectivity index (χ4n) is 1.27. The van der Waals surface area contributed by atoms with Crippen molar-refractivity contribution in [3.8, 4) is 0 Å². The van der Waals surface area contributed by atoms with E-state index in [1.807, 2.05) is 6.07 Å². The Bertz CT molecular complexity index is 355. The molecule has 0 fully saturated rings. The summed E-state index contributed by atoms with van der Waals surface area (Å²) in [5.74, 6) is 1.36. The molecule has 0 aromatic heterocycles. The SMILES string of the molecule is Cc1c(CSCCO)cccc1[N+](=O)[O-]. The van der Waals surface area contributed by atoms with Crippen molar-refractivity contribution in [3.63, 3.8) is 0 Å². The lowest BCUT2D eigenvalue weighted by molar-refractivity contribution is -0.385. The molecule has 0 saturated carbocycles. The molecule has 0 amide bonds. The number of rotatable bonds is 5. The molecule has 4 nitrogen and oxygen atoms in total. The molecule has 0 saturated heterocycles. The van der Waals surface area contributed by atoms with Crippen molar-refractivity contribution in [1.82, 2.24) is 0 Å². The van der Waals surface area contributed by atoms with Crippen LogP contribution in [0.4, 0.5) is 5.69 Å². The van der Waals surface area contributed by atoms with Gasteiger partial charge in [-0.15, -0.1) is 0 Å². The zero-order valence-corrected chi connectivity index (χ0v) is 9.29. The lowest BCUT2D eigenvalue weighted by atomic mass is 10.1. The highest BCUT2D eigenvalue weighted by atomic mass is 32.2. The molecule has 0 spiro atoms. The molecular formula is C10H13NO3S. The summed E-state index contributed by atoms with van der Waals surface area (Å²) in [6, 6.07) is 5.09. The second-order valence-corrected chi connectivity index (χ2v) is 4.20. The van der Waals surface area contributed by atoms with Gasteiger partial charge in [-0.3, -0.25) is 10.1 Å². The summed E-state index contributed by atoms with van der Waals surface area (Å²) in [5, 5.41) is 19.3. The second kappa shape index (κ2) is 5.72. The summed E-state index contributed by atoms with van der Waals surface area (Å²) in [4.78, 5) is 10.3. The highest BCUT2D eigenvalue weighted by Crippen LogP contribution is 2.24. The Labute approximate surface area is 92.5 Å². The first-order valence-electron chi connectivity index (χ1n) is 4.58. The molecule has 0 aliphatic heterocycles. The van der Waals surface area contributed by atoms with Crippen LogP contribution in [0.1, 0.15) is 11.1 Å². The van der Waals surface area contributed by atoms with Gasteiger partial charge in [0.2, 0.25) is 0 Å². The summed E-state index contributed by atoms with van der Waals surface area (Å²) < 4.78 is 0. The fraction of sp³-hybridized carbons (Fsp3) is 0.400. The Morgan fingerprint density at radius 3 is 2.87 bits per heavy atom. The number of thioether (sulfide) groups is 1. The van der Waals surface area contributed by atoms with Gasteiger partial charge in [-0.05, 0) is 12.5 Å². The van der Waals surface area contributed by atoms with Crippen LogP contribution in [0.2, 0.25) is 0 Å². The molecule has 82 valence electrons. The maximum atomic E-state index is 10.7. The average Bonchev–Trinajstić information content (AvgIpc) is 2.20. The third kappa shape index (κ3) is 3.21. The molecule has 0 atom stereocenters. The molecule has 0 aliphatic carbocycles. The maximum Gasteiger partial charge on any atom is 0.272 e. The highest BCUT2D eigenvalue weighted by molar-refractivity contribution is 7.98. The fourth-order valence-corrected chi connectivity index (χ4v) is 2.08. The van der Waals surface area contributed by atoms with Crippen LogP contribution >= 0.6 is 11.8 Å². The van der Waals surface area contributed by atoms with E-state index in [9.17, 15) is 10.1 Å². The first kappa shape index (κ1) is 12.0. The Morgan fingerprint density at radius 1 is 1.53 bits per heavy atom. The second-order valence-electron chi connectivity index (χ2n) is 3.09. The third-order valence-electron chi connectivity index (χ3n) is 2.11. The van der Waals surface area contributed by atoms with E-state index in [1.165, 1.54) is 6.07 Å². The van der Waals surface area contributed by atoms with Gasteiger partial charge in [0.1, 0.15) is 0 Å². The number of nitro groups is 1. The molecule has 0 unspecified atom stereocenters. The van der Waals surface area contributed by atoms with Gasteiger partial charge in [0.15, 0.2) is 0 Å². The summed E-state index contributed by atoms with van der Waals surface area (Å²) in [5.41, 5.74) is 1.84. The van der Waals surface area contributed by atoms with Crippen molar-refractivity contribution in [1.29, 1.82) is 0 Å². The van der Waals surface area contributed by atoms with E-state index < -0.39 is 0 Å². The van der Waals surface area contributed by atoms with E-state index in [0.29, 0.717) is 17.1 Å². The molecular weight excluding hydrogens is 214 g/mol. The number of nitro benzene ring substituents is 1. The molecule has 0 radical (unpaired) electrons. The van der Waals surface area contributed by atoms with Crippen LogP contribution in [0, 0.1) is 17.0 Å². The summed E-state index contributed by atoms with van der Waals surface area (Å²) >= 11 is 1.57. The van der Waals surface area contributed by atoms with Gasteiger partial charge in [-0.25, -0.2) is 0 Å². The van der Waals surface area contributed by atoms with Gasteiger partial charge < -0.3 is 5.11 Å². The van der Waals surface area contributed by atoms with Gasteiger partial charge in [0, 0.05) is 23.1 Å². The van der Waals surface area contributed by atoms with Gasteiger partial charge in [0.25, 0.3) is 5.69 Å². The van der Waals surface area contributed by atoms with Crippen LogP contribution in [-0.4, -0.2) is 22.4 Å². The number of nitrogens with zero attached hydrogens (tertiary/aromatic N) is 1. The molecule has 0 bridgehead atoms. The van der Waals surface area contributed by atoms with E-state index in [0.717, 1.165) is 5.56 Å². The Kier molecular flexibility index (Phi) is 4.58. The van der Waals surface area contributed by atoms with Crippen molar-refractivity contribution >= 4 is 17.4 Å². The summed E-state index contributed by atoms with van der Waals surface area (Å²) in [6.45, 7) is 1.89. The van der Waals surface area contributed by atoms with E-state index >= 15 is 0 Å². The average molecular weight is 227 g/mol. The van der Waals surface area contributed by atoms with Crippen molar-refractivity contribution in [2.75, 3.05) is 12.4 Å². The zero-order chi connectivity index (χ0) is 11.3.